The molecule has 4 rings (SSSR count). The fraction of sp³-hybridized carbons (Fsp3) is 0.0476. The number of rotatable bonds is 3. The number of barbiturate groups is 1. The van der Waals surface area contributed by atoms with E-state index in [0.29, 0.717) is 17.2 Å². The van der Waals surface area contributed by atoms with Crippen molar-refractivity contribution in [3.8, 4) is 11.3 Å². The second-order valence-electron chi connectivity index (χ2n) is 6.35. The van der Waals surface area contributed by atoms with Gasteiger partial charge in [-0.15, -0.1) is 0 Å². The number of urea groups is 1. The van der Waals surface area contributed by atoms with Gasteiger partial charge in [-0.05, 0) is 55.0 Å². The molecule has 1 N–H and O–H groups in total. The number of pyridine rings is 1. The Morgan fingerprint density at radius 1 is 1.07 bits per heavy atom. The number of aromatic nitrogens is 1. The Morgan fingerprint density at radius 2 is 1.83 bits per heavy atom. The number of nitrogens with zero attached hydrogens (tertiary/aromatic N) is 2. The van der Waals surface area contributed by atoms with E-state index in [4.69, 9.17) is 4.42 Å². The van der Waals surface area contributed by atoms with Crippen LogP contribution >= 0.6 is 15.9 Å². The molecule has 3 aromatic rings. The largest absolute Gasteiger partial charge is 0.457 e. The van der Waals surface area contributed by atoms with Gasteiger partial charge in [0, 0.05) is 22.4 Å². The predicted octanol–water partition coefficient (Wildman–Crippen LogP) is 4.08. The molecule has 3 heterocycles. The van der Waals surface area contributed by atoms with Crippen LogP contribution < -0.4 is 10.2 Å². The SMILES string of the molecule is Cc1ccc(-c2ccc(/C=C3/C(=O)NC(=O)N(c4ccncc4)C3=O)o2)c(Br)c1. The molecule has 0 unspecified atom stereocenters. The zero-order valence-corrected chi connectivity index (χ0v) is 16.8. The van der Waals surface area contributed by atoms with Gasteiger partial charge >= 0.3 is 6.03 Å². The summed E-state index contributed by atoms with van der Waals surface area (Å²) in [5, 5.41) is 2.17. The smallest absolute Gasteiger partial charge is 0.335 e. The van der Waals surface area contributed by atoms with Crippen LogP contribution in [0.4, 0.5) is 10.5 Å². The lowest BCUT2D eigenvalue weighted by atomic mass is 10.1. The maximum atomic E-state index is 12.8. The minimum Gasteiger partial charge on any atom is -0.457 e. The summed E-state index contributed by atoms with van der Waals surface area (Å²) in [4.78, 5) is 42.0. The van der Waals surface area contributed by atoms with E-state index in [1.165, 1.54) is 30.6 Å². The van der Waals surface area contributed by atoms with Crippen molar-refractivity contribution in [1.29, 1.82) is 0 Å². The van der Waals surface area contributed by atoms with Crippen molar-refractivity contribution in [2.24, 2.45) is 0 Å². The van der Waals surface area contributed by atoms with Crippen LogP contribution in [0, 0.1) is 6.92 Å². The second-order valence-corrected chi connectivity index (χ2v) is 7.20. The van der Waals surface area contributed by atoms with Crippen molar-refractivity contribution in [3.05, 3.63) is 76.2 Å². The molecule has 1 fully saturated rings. The second kappa shape index (κ2) is 7.48. The molecule has 0 radical (unpaired) electrons. The summed E-state index contributed by atoms with van der Waals surface area (Å²) in [6.45, 7) is 1.98. The summed E-state index contributed by atoms with van der Waals surface area (Å²) < 4.78 is 6.67. The number of carbonyl (C=O) groups is 3. The van der Waals surface area contributed by atoms with Crippen molar-refractivity contribution in [2.45, 2.75) is 6.92 Å². The van der Waals surface area contributed by atoms with Crippen molar-refractivity contribution < 1.29 is 18.8 Å². The van der Waals surface area contributed by atoms with E-state index in [0.717, 1.165) is 20.5 Å². The Balaban J connectivity index is 1.68. The van der Waals surface area contributed by atoms with Crippen molar-refractivity contribution in [3.63, 3.8) is 0 Å². The lowest BCUT2D eigenvalue weighted by Gasteiger charge is -2.25. The molecule has 0 atom stereocenters. The molecule has 0 saturated carbocycles. The van der Waals surface area contributed by atoms with Crippen LogP contribution in [-0.4, -0.2) is 22.8 Å². The highest BCUT2D eigenvalue weighted by Crippen LogP contribution is 2.31. The van der Waals surface area contributed by atoms with E-state index in [2.05, 4.69) is 26.2 Å². The van der Waals surface area contributed by atoms with Crippen molar-refractivity contribution >= 4 is 45.5 Å². The number of amides is 4. The molecule has 8 heteroatoms. The molecule has 1 aliphatic rings. The van der Waals surface area contributed by atoms with E-state index in [1.807, 2.05) is 25.1 Å². The monoisotopic (exact) mass is 451 g/mol. The third-order valence-corrected chi connectivity index (χ3v) is 4.98. The first kappa shape index (κ1) is 18.8. The van der Waals surface area contributed by atoms with Crippen LogP contribution in [0.15, 0.2) is 69.3 Å². The third kappa shape index (κ3) is 3.62. The number of imide groups is 2. The van der Waals surface area contributed by atoms with Gasteiger partial charge in [-0.25, -0.2) is 9.69 Å². The number of hydrogen-bond acceptors (Lipinski definition) is 5. The average molecular weight is 452 g/mol. The van der Waals surface area contributed by atoms with Crippen LogP contribution in [0.1, 0.15) is 11.3 Å². The van der Waals surface area contributed by atoms with Crippen molar-refractivity contribution in [2.75, 3.05) is 4.90 Å². The highest BCUT2D eigenvalue weighted by atomic mass is 79.9. The Kier molecular flexibility index (Phi) is 4.85. The van der Waals surface area contributed by atoms with Crippen LogP contribution in [-0.2, 0) is 9.59 Å². The summed E-state index contributed by atoms with van der Waals surface area (Å²) in [5.74, 6) is -0.622. The third-order valence-electron chi connectivity index (χ3n) is 4.33. The summed E-state index contributed by atoms with van der Waals surface area (Å²) in [5.41, 5.74) is 2.04. The fourth-order valence-corrected chi connectivity index (χ4v) is 3.61. The molecule has 0 bridgehead atoms. The lowest BCUT2D eigenvalue weighted by Crippen LogP contribution is -2.54. The van der Waals surface area contributed by atoms with Gasteiger partial charge in [0.2, 0.25) is 0 Å². The van der Waals surface area contributed by atoms with Gasteiger partial charge in [-0.1, -0.05) is 22.0 Å². The van der Waals surface area contributed by atoms with Crippen LogP contribution in [0.2, 0.25) is 0 Å². The summed E-state index contributed by atoms with van der Waals surface area (Å²) in [6.07, 6.45) is 4.23. The Hall–Kier alpha value is -3.52. The number of hydrogen-bond donors (Lipinski definition) is 1. The van der Waals surface area contributed by atoms with Gasteiger partial charge in [0.05, 0.1) is 5.69 Å². The van der Waals surface area contributed by atoms with Crippen LogP contribution in [0.25, 0.3) is 17.4 Å². The molecule has 7 nitrogen and oxygen atoms in total. The molecular weight excluding hydrogens is 438 g/mol. The molecule has 0 aliphatic carbocycles. The molecule has 29 heavy (non-hydrogen) atoms. The maximum Gasteiger partial charge on any atom is 0.335 e. The number of benzene rings is 1. The van der Waals surface area contributed by atoms with Crippen LogP contribution in [0.3, 0.4) is 0 Å². The van der Waals surface area contributed by atoms with E-state index in [-0.39, 0.29) is 5.57 Å². The standard InChI is InChI=1S/C21H14BrN3O4/c1-12-2-4-15(17(22)10-12)18-5-3-14(29-18)11-16-19(26)24-21(28)25(20(16)27)13-6-8-23-9-7-13/h2-11H,1H3,(H,24,26,28)/b16-11-. The van der Waals surface area contributed by atoms with E-state index in [1.54, 1.807) is 12.1 Å². The number of anilines is 1. The molecule has 144 valence electrons. The summed E-state index contributed by atoms with van der Waals surface area (Å²) in [6, 6.07) is 11.4. The molecule has 0 spiro atoms. The van der Waals surface area contributed by atoms with E-state index in [9.17, 15) is 14.4 Å². The number of aryl methyl sites for hydroxylation is 1. The highest BCUT2D eigenvalue weighted by molar-refractivity contribution is 9.10. The lowest BCUT2D eigenvalue weighted by molar-refractivity contribution is -0.122. The normalized spacial score (nSPS) is 15.7. The van der Waals surface area contributed by atoms with Gasteiger partial charge < -0.3 is 4.42 Å². The quantitative estimate of drug-likeness (QED) is 0.478. The first-order valence-electron chi connectivity index (χ1n) is 8.62. The van der Waals surface area contributed by atoms with Gasteiger partial charge in [0.15, 0.2) is 0 Å². The highest BCUT2D eigenvalue weighted by Gasteiger charge is 2.37. The van der Waals surface area contributed by atoms with Crippen molar-refractivity contribution in [1.82, 2.24) is 10.3 Å². The molecule has 2 aromatic heterocycles. The van der Waals surface area contributed by atoms with Gasteiger partial charge in [-0.3, -0.25) is 19.9 Å². The first-order valence-corrected chi connectivity index (χ1v) is 9.41. The maximum absolute atomic E-state index is 12.8. The Labute approximate surface area is 174 Å². The zero-order valence-electron chi connectivity index (χ0n) is 15.2. The Morgan fingerprint density at radius 3 is 2.55 bits per heavy atom. The molecular formula is C21H14BrN3O4. The zero-order chi connectivity index (χ0) is 20.5. The molecule has 1 aromatic carbocycles. The molecule has 1 aliphatic heterocycles. The fourth-order valence-electron chi connectivity index (χ4n) is 2.92. The van der Waals surface area contributed by atoms with E-state index >= 15 is 0 Å². The number of carbonyl (C=O) groups excluding carboxylic acids is 3. The number of furan rings is 1. The predicted molar refractivity (Wildman–Crippen MR) is 110 cm³/mol. The number of halogens is 1. The minimum atomic E-state index is -0.813. The molecule has 1 saturated heterocycles. The average Bonchev–Trinajstić information content (AvgIpc) is 3.14. The topological polar surface area (TPSA) is 92.5 Å². The van der Waals surface area contributed by atoms with Crippen LogP contribution in [0.5, 0.6) is 0 Å². The minimum absolute atomic E-state index is 0.203. The number of nitrogens with one attached hydrogen (secondary N) is 1. The Bertz CT molecular complexity index is 1170. The van der Waals surface area contributed by atoms with Gasteiger partial charge in [-0.2, -0.15) is 0 Å². The van der Waals surface area contributed by atoms with E-state index < -0.39 is 17.8 Å². The van der Waals surface area contributed by atoms with Gasteiger partial charge in [0.1, 0.15) is 17.1 Å². The summed E-state index contributed by atoms with van der Waals surface area (Å²) in [7, 11) is 0. The molecule has 4 amide bonds. The summed E-state index contributed by atoms with van der Waals surface area (Å²) >= 11 is 3.51. The first-order chi connectivity index (χ1) is 13.9. The van der Waals surface area contributed by atoms with Gasteiger partial charge in [0.25, 0.3) is 11.8 Å².